The van der Waals surface area contributed by atoms with Crippen molar-refractivity contribution in [2.24, 2.45) is 0 Å². The summed E-state index contributed by atoms with van der Waals surface area (Å²) in [7, 11) is 0. The second-order valence-corrected chi connectivity index (χ2v) is 6.79. The van der Waals surface area contributed by atoms with E-state index in [2.05, 4.69) is 62.3 Å². The molecule has 6 nitrogen and oxygen atoms in total. The van der Waals surface area contributed by atoms with Crippen LogP contribution in [0.1, 0.15) is 24.0 Å². The number of H-pyrrole nitrogens is 1. The molecule has 3 aromatic rings. The van der Waals surface area contributed by atoms with Crippen LogP contribution in [0.4, 0.5) is 0 Å². The normalized spacial score (nSPS) is 18.1. The second kappa shape index (κ2) is 6.07. The molecular weight excluding hydrogens is 326 g/mol. The summed E-state index contributed by atoms with van der Waals surface area (Å²) in [5, 5.41) is 17.8. The minimum Gasteiger partial charge on any atom is -0.482 e. The van der Waals surface area contributed by atoms with Gasteiger partial charge in [-0.1, -0.05) is 36.4 Å². The van der Waals surface area contributed by atoms with Crippen molar-refractivity contribution in [3.05, 3.63) is 65.7 Å². The minimum atomic E-state index is -0.239. The van der Waals surface area contributed by atoms with Crippen molar-refractivity contribution in [1.82, 2.24) is 25.9 Å². The molecule has 0 radical (unpaired) electrons. The molecule has 2 N–H and O–H groups in total. The fourth-order valence-electron chi connectivity index (χ4n) is 3.81. The van der Waals surface area contributed by atoms with Crippen molar-refractivity contribution in [3.8, 4) is 17.1 Å². The van der Waals surface area contributed by atoms with Crippen LogP contribution in [0.3, 0.4) is 0 Å². The summed E-state index contributed by atoms with van der Waals surface area (Å²) in [4.78, 5) is 0. The minimum absolute atomic E-state index is 0.239. The highest BCUT2D eigenvalue weighted by Gasteiger charge is 2.36. The SMILES string of the molecule is C1=C(c2cccc(-c3nn[nH]n3)c2)c2ccccc2OC12CCNCC2. The van der Waals surface area contributed by atoms with Crippen molar-refractivity contribution in [3.63, 3.8) is 0 Å². The lowest BCUT2D eigenvalue weighted by Gasteiger charge is -2.40. The predicted octanol–water partition coefficient (Wildman–Crippen LogP) is 2.81. The number of aromatic nitrogens is 4. The van der Waals surface area contributed by atoms with E-state index in [0.29, 0.717) is 5.82 Å². The summed E-state index contributed by atoms with van der Waals surface area (Å²) < 4.78 is 6.46. The van der Waals surface area contributed by atoms with Gasteiger partial charge in [0.25, 0.3) is 0 Å². The van der Waals surface area contributed by atoms with Crippen LogP contribution in [0.2, 0.25) is 0 Å². The third kappa shape index (κ3) is 2.59. The van der Waals surface area contributed by atoms with E-state index >= 15 is 0 Å². The molecule has 26 heavy (non-hydrogen) atoms. The van der Waals surface area contributed by atoms with Gasteiger partial charge in [-0.05, 0) is 47.6 Å². The lowest BCUT2D eigenvalue weighted by atomic mass is 9.83. The topological polar surface area (TPSA) is 75.7 Å². The van der Waals surface area contributed by atoms with E-state index in [4.69, 9.17) is 4.74 Å². The van der Waals surface area contributed by atoms with Gasteiger partial charge in [0.1, 0.15) is 11.4 Å². The van der Waals surface area contributed by atoms with Crippen molar-refractivity contribution in [2.75, 3.05) is 13.1 Å². The van der Waals surface area contributed by atoms with E-state index in [1.54, 1.807) is 0 Å². The predicted molar refractivity (Wildman–Crippen MR) is 98.6 cm³/mol. The molecule has 2 aliphatic heterocycles. The van der Waals surface area contributed by atoms with Crippen molar-refractivity contribution >= 4 is 5.57 Å². The van der Waals surface area contributed by atoms with Gasteiger partial charge >= 0.3 is 0 Å². The van der Waals surface area contributed by atoms with Gasteiger partial charge < -0.3 is 10.1 Å². The number of benzene rings is 2. The average molecular weight is 345 g/mol. The third-order valence-electron chi connectivity index (χ3n) is 5.12. The Morgan fingerprint density at radius 2 is 1.81 bits per heavy atom. The molecule has 1 aromatic heterocycles. The molecule has 3 heterocycles. The van der Waals surface area contributed by atoms with Gasteiger partial charge in [0.2, 0.25) is 5.82 Å². The Morgan fingerprint density at radius 3 is 2.65 bits per heavy atom. The molecule has 0 atom stereocenters. The quantitative estimate of drug-likeness (QED) is 0.747. The van der Waals surface area contributed by atoms with Crippen LogP contribution in [0.15, 0.2) is 54.6 Å². The molecule has 5 rings (SSSR count). The molecule has 0 unspecified atom stereocenters. The van der Waals surface area contributed by atoms with E-state index in [1.165, 1.54) is 5.57 Å². The Bertz CT molecular complexity index is 958. The number of hydrogen-bond donors (Lipinski definition) is 2. The number of rotatable bonds is 2. The molecular formula is C20H19N5O. The lowest BCUT2D eigenvalue weighted by Crippen LogP contribution is -2.46. The van der Waals surface area contributed by atoms with E-state index in [1.807, 2.05) is 18.2 Å². The van der Waals surface area contributed by atoms with Crippen molar-refractivity contribution in [2.45, 2.75) is 18.4 Å². The second-order valence-electron chi connectivity index (χ2n) is 6.79. The fraction of sp³-hybridized carbons (Fsp3) is 0.250. The van der Waals surface area contributed by atoms with Gasteiger partial charge in [0, 0.05) is 24.0 Å². The summed E-state index contributed by atoms with van der Waals surface area (Å²) in [5.41, 5.74) is 4.18. The van der Waals surface area contributed by atoms with Crippen LogP contribution >= 0.6 is 0 Å². The zero-order valence-corrected chi connectivity index (χ0v) is 14.3. The summed E-state index contributed by atoms with van der Waals surface area (Å²) in [6, 6.07) is 16.6. The van der Waals surface area contributed by atoms with Crippen LogP contribution in [0, 0.1) is 0 Å². The molecule has 130 valence electrons. The van der Waals surface area contributed by atoms with Gasteiger partial charge in [-0.3, -0.25) is 0 Å². The number of nitrogens with one attached hydrogen (secondary N) is 2. The highest BCUT2D eigenvalue weighted by atomic mass is 16.5. The first kappa shape index (κ1) is 15.3. The number of para-hydroxylation sites is 1. The maximum atomic E-state index is 6.46. The summed E-state index contributed by atoms with van der Waals surface area (Å²) in [5.74, 6) is 1.56. The smallest absolute Gasteiger partial charge is 0.204 e. The van der Waals surface area contributed by atoms with Crippen LogP contribution in [-0.4, -0.2) is 39.3 Å². The highest BCUT2D eigenvalue weighted by molar-refractivity contribution is 5.86. The van der Waals surface area contributed by atoms with Gasteiger partial charge in [0.05, 0.1) is 0 Å². The Balaban J connectivity index is 1.64. The summed E-state index contributed by atoms with van der Waals surface area (Å²) >= 11 is 0. The van der Waals surface area contributed by atoms with Crippen LogP contribution in [-0.2, 0) is 0 Å². The molecule has 0 aliphatic carbocycles. The first-order chi connectivity index (χ1) is 12.8. The Kier molecular flexibility index (Phi) is 3.57. The largest absolute Gasteiger partial charge is 0.482 e. The van der Waals surface area contributed by atoms with Crippen molar-refractivity contribution in [1.29, 1.82) is 0 Å². The molecule has 2 aliphatic rings. The molecule has 0 bridgehead atoms. The van der Waals surface area contributed by atoms with E-state index < -0.39 is 0 Å². The number of aromatic amines is 1. The standard InChI is InChI=1S/C20H19N5O/c1-2-7-18-16(6-1)17(13-20(26-18)8-10-21-11-9-20)14-4-3-5-15(12-14)19-22-24-25-23-19/h1-7,12-13,21H,8-11H2,(H,22,23,24,25). The summed E-state index contributed by atoms with van der Waals surface area (Å²) in [6.45, 7) is 1.93. The molecule has 0 saturated carbocycles. The Morgan fingerprint density at radius 1 is 0.962 bits per heavy atom. The molecule has 1 spiro atoms. The summed E-state index contributed by atoms with van der Waals surface area (Å²) in [6.07, 6.45) is 4.25. The van der Waals surface area contributed by atoms with Crippen molar-refractivity contribution < 1.29 is 4.74 Å². The third-order valence-corrected chi connectivity index (χ3v) is 5.12. The zero-order valence-electron chi connectivity index (χ0n) is 14.3. The maximum absolute atomic E-state index is 6.46. The molecule has 1 saturated heterocycles. The van der Waals surface area contributed by atoms with E-state index in [9.17, 15) is 0 Å². The number of nitrogens with zero attached hydrogens (tertiary/aromatic N) is 3. The van der Waals surface area contributed by atoms with Crippen LogP contribution in [0.25, 0.3) is 17.0 Å². The number of ether oxygens (including phenoxy) is 1. The fourth-order valence-corrected chi connectivity index (χ4v) is 3.81. The highest BCUT2D eigenvalue weighted by Crippen LogP contribution is 2.42. The number of tetrazole rings is 1. The molecule has 0 amide bonds. The van der Waals surface area contributed by atoms with Gasteiger partial charge in [0.15, 0.2) is 0 Å². The Labute approximate surface area is 151 Å². The number of fused-ring (bicyclic) bond motifs is 1. The molecule has 1 fully saturated rings. The first-order valence-electron chi connectivity index (χ1n) is 8.89. The zero-order chi connectivity index (χ0) is 17.4. The van der Waals surface area contributed by atoms with Gasteiger partial charge in [-0.15, -0.1) is 10.2 Å². The van der Waals surface area contributed by atoms with Gasteiger partial charge in [-0.25, -0.2) is 0 Å². The van der Waals surface area contributed by atoms with Crippen LogP contribution in [0.5, 0.6) is 5.75 Å². The van der Waals surface area contributed by atoms with Crippen LogP contribution < -0.4 is 10.1 Å². The molecule has 6 heteroatoms. The van der Waals surface area contributed by atoms with Gasteiger partial charge in [-0.2, -0.15) is 5.21 Å². The average Bonchev–Trinajstić information content (AvgIpc) is 3.23. The van der Waals surface area contributed by atoms with E-state index in [-0.39, 0.29) is 5.60 Å². The molecule has 2 aromatic carbocycles. The van der Waals surface area contributed by atoms with E-state index in [0.717, 1.165) is 48.4 Å². The first-order valence-corrected chi connectivity index (χ1v) is 8.89. The number of piperidine rings is 1. The maximum Gasteiger partial charge on any atom is 0.204 e. The monoisotopic (exact) mass is 345 g/mol. The Hall–Kier alpha value is -2.99. The lowest BCUT2D eigenvalue weighted by molar-refractivity contribution is 0.0817. The number of hydrogen-bond acceptors (Lipinski definition) is 5.